The Morgan fingerprint density at radius 2 is 2.00 bits per heavy atom. The smallest absolute Gasteiger partial charge is 0.144 e. The molecule has 0 amide bonds. The number of nitrogens with zero attached hydrogens (tertiary/aromatic N) is 2. The zero-order valence-electron chi connectivity index (χ0n) is 9.37. The summed E-state index contributed by atoms with van der Waals surface area (Å²) in [6, 6.07) is 2.29. The second kappa shape index (κ2) is 4.37. The van der Waals surface area contributed by atoms with Crippen LogP contribution in [-0.2, 0) is 7.05 Å². The molecule has 1 aromatic heterocycles. The van der Waals surface area contributed by atoms with Crippen molar-refractivity contribution in [1.29, 1.82) is 0 Å². The van der Waals surface area contributed by atoms with Gasteiger partial charge in [0.1, 0.15) is 17.5 Å². The zero-order chi connectivity index (χ0) is 12.6. The summed E-state index contributed by atoms with van der Waals surface area (Å²) in [5, 5.41) is 3.91. The van der Waals surface area contributed by atoms with Gasteiger partial charge in [-0.3, -0.25) is 4.68 Å². The van der Waals surface area contributed by atoms with Gasteiger partial charge in [-0.05, 0) is 18.4 Å². The molecule has 2 aromatic rings. The molecule has 0 fully saturated rings. The first-order valence-electron chi connectivity index (χ1n) is 4.85. The van der Waals surface area contributed by atoms with E-state index in [9.17, 15) is 8.78 Å². The van der Waals surface area contributed by atoms with Crippen molar-refractivity contribution in [3.8, 4) is 11.1 Å². The van der Waals surface area contributed by atoms with E-state index in [0.29, 0.717) is 11.4 Å². The highest BCUT2D eigenvalue weighted by Gasteiger charge is 2.16. The van der Waals surface area contributed by atoms with Gasteiger partial charge in [0.05, 0.1) is 6.20 Å². The van der Waals surface area contributed by atoms with Crippen molar-refractivity contribution in [3.05, 3.63) is 30.0 Å². The molecule has 0 radical (unpaired) electrons. The van der Waals surface area contributed by atoms with Crippen LogP contribution in [0, 0.1) is 11.6 Å². The normalized spacial score (nSPS) is 10.8. The van der Waals surface area contributed by atoms with E-state index in [-0.39, 0.29) is 10.5 Å². The topological polar surface area (TPSA) is 43.8 Å². The van der Waals surface area contributed by atoms with Crippen LogP contribution in [0.5, 0.6) is 0 Å². The molecule has 1 aromatic carbocycles. The van der Waals surface area contributed by atoms with E-state index in [0.717, 1.165) is 23.9 Å². The first-order chi connectivity index (χ1) is 8.04. The van der Waals surface area contributed by atoms with E-state index < -0.39 is 11.6 Å². The van der Waals surface area contributed by atoms with Crippen molar-refractivity contribution < 1.29 is 8.78 Å². The van der Waals surface area contributed by atoms with Crippen molar-refractivity contribution in [3.63, 3.8) is 0 Å². The van der Waals surface area contributed by atoms with E-state index in [4.69, 9.17) is 5.73 Å². The Balaban J connectivity index is 2.67. The van der Waals surface area contributed by atoms with Crippen LogP contribution in [0.1, 0.15) is 0 Å². The summed E-state index contributed by atoms with van der Waals surface area (Å²) >= 11 is 1.15. The van der Waals surface area contributed by atoms with E-state index in [1.54, 1.807) is 13.3 Å². The number of hydrogen-bond acceptors (Lipinski definition) is 3. The van der Waals surface area contributed by atoms with Gasteiger partial charge in [0, 0.05) is 23.1 Å². The van der Waals surface area contributed by atoms with Gasteiger partial charge < -0.3 is 5.73 Å². The Labute approximate surface area is 102 Å². The van der Waals surface area contributed by atoms with Crippen LogP contribution in [0.25, 0.3) is 11.1 Å². The lowest BCUT2D eigenvalue weighted by Gasteiger charge is -2.06. The van der Waals surface area contributed by atoms with Gasteiger partial charge >= 0.3 is 0 Å². The number of benzene rings is 1. The van der Waals surface area contributed by atoms with Gasteiger partial charge in [0.2, 0.25) is 0 Å². The maximum Gasteiger partial charge on any atom is 0.144 e. The number of anilines is 1. The van der Waals surface area contributed by atoms with Crippen LogP contribution in [0.4, 0.5) is 14.6 Å². The SMILES string of the molecule is CSc1cc(F)cc(-c2cnn(C)c2N)c1F. The number of nitrogen functional groups attached to an aromatic ring is 1. The maximum absolute atomic E-state index is 14.0. The minimum Gasteiger partial charge on any atom is -0.383 e. The molecule has 0 bridgehead atoms. The van der Waals surface area contributed by atoms with E-state index in [1.807, 2.05) is 0 Å². The Morgan fingerprint density at radius 3 is 2.53 bits per heavy atom. The minimum atomic E-state index is -0.492. The van der Waals surface area contributed by atoms with Crippen molar-refractivity contribution in [1.82, 2.24) is 9.78 Å². The standard InChI is InChI=1S/C11H11F2N3S/c1-16-11(14)8(5-15-16)7-3-6(12)4-9(17-2)10(7)13/h3-5H,14H2,1-2H3. The van der Waals surface area contributed by atoms with Gasteiger partial charge in [-0.1, -0.05) is 0 Å². The average Bonchev–Trinajstić information content (AvgIpc) is 2.63. The Hall–Kier alpha value is -1.56. The molecular weight excluding hydrogens is 244 g/mol. The van der Waals surface area contributed by atoms with Crippen LogP contribution in [0.15, 0.2) is 23.2 Å². The highest BCUT2D eigenvalue weighted by atomic mass is 32.2. The zero-order valence-corrected chi connectivity index (χ0v) is 10.2. The van der Waals surface area contributed by atoms with Crippen LogP contribution in [0.2, 0.25) is 0 Å². The maximum atomic E-state index is 14.0. The third-order valence-corrected chi connectivity index (χ3v) is 3.24. The first kappa shape index (κ1) is 11.9. The number of hydrogen-bond donors (Lipinski definition) is 1. The number of halogens is 2. The minimum absolute atomic E-state index is 0.139. The molecule has 1 heterocycles. The van der Waals surface area contributed by atoms with Crippen molar-refractivity contribution >= 4 is 17.6 Å². The fourth-order valence-electron chi connectivity index (χ4n) is 1.56. The molecule has 0 saturated carbocycles. The molecule has 90 valence electrons. The number of nitrogens with two attached hydrogens (primary N) is 1. The summed E-state index contributed by atoms with van der Waals surface area (Å²) in [5.74, 6) is -0.658. The molecule has 0 saturated heterocycles. The van der Waals surface area contributed by atoms with Gasteiger partial charge in [-0.25, -0.2) is 8.78 Å². The van der Waals surface area contributed by atoms with Crippen molar-refractivity contribution in [2.24, 2.45) is 7.05 Å². The second-order valence-electron chi connectivity index (χ2n) is 3.54. The molecular formula is C11H11F2N3S. The summed E-state index contributed by atoms with van der Waals surface area (Å²) in [7, 11) is 1.64. The second-order valence-corrected chi connectivity index (χ2v) is 4.38. The molecule has 0 aliphatic carbocycles. The lowest BCUT2D eigenvalue weighted by Crippen LogP contribution is -1.99. The van der Waals surface area contributed by atoms with E-state index in [1.165, 1.54) is 10.9 Å². The molecule has 0 unspecified atom stereocenters. The largest absolute Gasteiger partial charge is 0.383 e. The number of thioether (sulfide) groups is 1. The highest BCUT2D eigenvalue weighted by Crippen LogP contribution is 2.33. The third-order valence-electron chi connectivity index (χ3n) is 2.50. The molecule has 0 aliphatic rings. The monoisotopic (exact) mass is 255 g/mol. The molecule has 6 heteroatoms. The number of aryl methyl sites for hydroxylation is 1. The van der Waals surface area contributed by atoms with E-state index in [2.05, 4.69) is 5.10 Å². The summed E-state index contributed by atoms with van der Waals surface area (Å²) in [4.78, 5) is 0.253. The van der Waals surface area contributed by atoms with Gasteiger partial charge in [-0.15, -0.1) is 11.8 Å². The lowest BCUT2D eigenvalue weighted by atomic mass is 10.1. The Morgan fingerprint density at radius 1 is 1.29 bits per heavy atom. The molecule has 2 N–H and O–H groups in total. The summed E-state index contributed by atoms with van der Waals surface area (Å²) in [5.41, 5.74) is 6.29. The van der Waals surface area contributed by atoms with Crippen molar-refractivity contribution in [2.45, 2.75) is 4.90 Å². The third kappa shape index (κ3) is 2.00. The van der Waals surface area contributed by atoms with Gasteiger partial charge in [0.25, 0.3) is 0 Å². The average molecular weight is 255 g/mol. The Bertz CT molecular complexity index is 566. The predicted molar refractivity (Wildman–Crippen MR) is 64.8 cm³/mol. The van der Waals surface area contributed by atoms with Crippen LogP contribution in [0.3, 0.4) is 0 Å². The number of rotatable bonds is 2. The summed E-state index contributed by atoms with van der Waals surface area (Å²) < 4.78 is 28.8. The van der Waals surface area contributed by atoms with Crippen molar-refractivity contribution in [2.75, 3.05) is 12.0 Å². The lowest BCUT2D eigenvalue weighted by molar-refractivity contribution is 0.581. The summed E-state index contributed by atoms with van der Waals surface area (Å²) in [6.07, 6.45) is 3.12. The fraction of sp³-hybridized carbons (Fsp3) is 0.182. The highest BCUT2D eigenvalue weighted by molar-refractivity contribution is 7.98. The molecule has 3 nitrogen and oxygen atoms in total. The van der Waals surface area contributed by atoms with Crippen LogP contribution < -0.4 is 5.73 Å². The summed E-state index contributed by atoms with van der Waals surface area (Å²) in [6.45, 7) is 0. The van der Waals surface area contributed by atoms with Crippen LogP contribution >= 0.6 is 11.8 Å². The first-order valence-corrected chi connectivity index (χ1v) is 6.08. The predicted octanol–water partition coefficient (Wildman–Crippen LogP) is 2.67. The fourth-order valence-corrected chi connectivity index (χ4v) is 2.08. The Kier molecular flexibility index (Phi) is 3.06. The van der Waals surface area contributed by atoms with E-state index >= 15 is 0 Å². The molecule has 0 spiro atoms. The van der Waals surface area contributed by atoms with Gasteiger partial charge in [0.15, 0.2) is 0 Å². The quantitative estimate of drug-likeness (QED) is 0.839. The molecule has 0 aliphatic heterocycles. The molecule has 0 atom stereocenters. The molecule has 2 rings (SSSR count). The van der Waals surface area contributed by atoms with Gasteiger partial charge in [-0.2, -0.15) is 5.10 Å². The molecule has 17 heavy (non-hydrogen) atoms. The number of aromatic nitrogens is 2. The van der Waals surface area contributed by atoms with Crippen LogP contribution in [-0.4, -0.2) is 16.0 Å².